The fraction of sp³-hybridized carbons (Fsp3) is 0.219. The molecule has 1 heterocycles. The molecule has 0 saturated carbocycles. The maximum Gasteiger partial charge on any atom is 0.411 e. The molecule has 0 spiro atoms. The number of anilines is 2. The van der Waals surface area contributed by atoms with Gasteiger partial charge in [-0.3, -0.25) is 19.9 Å². The topological polar surface area (TPSA) is 136 Å². The summed E-state index contributed by atoms with van der Waals surface area (Å²) in [4.78, 5) is 57.0. The number of carbonyl (C=O) groups is 4. The zero-order chi connectivity index (χ0) is 30.6. The summed E-state index contributed by atoms with van der Waals surface area (Å²) in [6.45, 7) is 1.31. The summed E-state index contributed by atoms with van der Waals surface area (Å²) in [5.41, 5.74) is 2.88. The first-order valence-electron chi connectivity index (χ1n) is 13.6. The van der Waals surface area contributed by atoms with Crippen molar-refractivity contribution < 1.29 is 33.4 Å². The number of benzene rings is 3. The van der Waals surface area contributed by atoms with Gasteiger partial charge in [-0.1, -0.05) is 54.6 Å². The van der Waals surface area contributed by atoms with E-state index in [1.807, 2.05) is 42.5 Å². The van der Waals surface area contributed by atoms with E-state index in [-0.39, 0.29) is 26.3 Å². The molecule has 0 fully saturated rings. The Morgan fingerprint density at radius 1 is 0.953 bits per heavy atom. The normalized spacial score (nSPS) is 14.3. The smallest absolute Gasteiger partial charge is 0.411 e. The first-order valence-corrected chi connectivity index (χ1v) is 13.6. The highest BCUT2D eigenvalue weighted by molar-refractivity contribution is 6.20. The number of carbonyl (C=O) groups excluding carboxylic acids is 4. The summed E-state index contributed by atoms with van der Waals surface area (Å²) < 4.78 is 15.4. The third-order valence-electron chi connectivity index (χ3n) is 6.30. The molecule has 1 aliphatic rings. The third kappa shape index (κ3) is 8.29. The molecule has 3 amide bonds. The number of amides is 3. The highest BCUT2D eigenvalue weighted by Crippen LogP contribution is 2.28. The lowest BCUT2D eigenvalue weighted by atomic mass is 10.0. The van der Waals surface area contributed by atoms with Crippen LogP contribution in [0.1, 0.15) is 18.1 Å². The minimum atomic E-state index is -1.14. The lowest BCUT2D eigenvalue weighted by Crippen LogP contribution is -2.46. The molecule has 0 radical (unpaired) electrons. The van der Waals surface area contributed by atoms with Gasteiger partial charge in [-0.05, 0) is 37.3 Å². The van der Waals surface area contributed by atoms with Crippen molar-refractivity contribution in [1.29, 1.82) is 0 Å². The number of nitrogens with zero attached hydrogens (tertiary/aromatic N) is 2. The van der Waals surface area contributed by atoms with Gasteiger partial charge in [0.15, 0.2) is 6.04 Å². The molecule has 3 aromatic rings. The summed E-state index contributed by atoms with van der Waals surface area (Å²) in [5.74, 6) is -0.869. The van der Waals surface area contributed by atoms with Crippen LogP contribution in [0.3, 0.4) is 0 Å². The van der Waals surface area contributed by atoms with E-state index in [9.17, 15) is 19.2 Å². The number of esters is 1. The SMILES string of the molecule is CCOC(=O)/C=C/CNC(=O)CN1C(=O)[C@@H](COC(=O)Nc2ccc(OC)cc2)N=C(c2ccccc2)c2ccccc21. The molecular weight excluding hydrogens is 552 g/mol. The van der Waals surface area contributed by atoms with Gasteiger partial charge in [0.2, 0.25) is 5.91 Å². The van der Waals surface area contributed by atoms with Gasteiger partial charge in [0, 0.05) is 29.4 Å². The highest BCUT2D eigenvalue weighted by atomic mass is 16.5. The van der Waals surface area contributed by atoms with Gasteiger partial charge in [-0.25, -0.2) is 9.59 Å². The second-order valence-electron chi connectivity index (χ2n) is 9.21. The average Bonchev–Trinajstić information content (AvgIpc) is 3.13. The molecule has 1 atom stereocenters. The van der Waals surface area contributed by atoms with Crippen LogP contribution in [0.15, 0.2) is 96.0 Å². The van der Waals surface area contributed by atoms with Crippen LogP contribution in [0.4, 0.5) is 16.2 Å². The van der Waals surface area contributed by atoms with Gasteiger partial charge < -0.3 is 24.4 Å². The Balaban J connectivity index is 1.56. The van der Waals surface area contributed by atoms with Crippen molar-refractivity contribution in [3.63, 3.8) is 0 Å². The van der Waals surface area contributed by atoms with Gasteiger partial charge in [0.25, 0.3) is 5.91 Å². The van der Waals surface area contributed by atoms with Crippen molar-refractivity contribution in [3.05, 3.63) is 102 Å². The fourth-order valence-electron chi connectivity index (χ4n) is 4.29. The molecule has 43 heavy (non-hydrogen) atoms. The van der Waals surface area contributed by atoms with Crippen LogP contribution in [0.2, 0.25) is 0 Å². The number of benzodiazepines with no additional fused rings is 1. The Morgan fingerprint density at radius 3 is 2.40 bits per heavy atom. The third-order valence-corrected chi connectivity index (χ3v) is 6.30. The van der Waals surface area contributed by atoms with Gasteiger partial charge in [0.1, 0.15) is 18.9 Å². The quantitative estimate of drug-likeness (QED) is 0.259. The van der Waals surface area contributed by atoms with Gasteiger partial charge in [-0.2, -0.15) is 0 Å². The predicted molar refractivity (Wildman–Crippen MR) is 161 cm³/mol. The molecule has 0 aliphatic carbocycles. The monoisotopic (exact) mass is 584 g/mol. The molecule has 0 bridgehead atoms. The number of nitrogens with one attached hydrogen (secondary N) is 2. The van der Waals surface area contributed by atoms with E-state index in [2.05, 4.69) is 10.6 Å². The first-order chi connectivity index (χ1) is 20.9. The number of para-hydroxylation sites is 1. The summed E-state index contributed by atoms with van der Waals surface area (Å²) in [5, 5.41) is 5.29. The molecule has 222 valence electrons. The molecule has 0 unspecified atom stereocenters. The lowest BCUT2D eigenvalue weighted by molar-refractivity contribution is -0.137. The van der Waals surface area contributed by atoms with Crippen molar-refractivity contribution in [1.82, 2.24) is 5.32 Å². The fourth-order valence-corrected chi connectivity index (χ4v) is 4.29. The predicted octanol–water partition coefficient (Wildman–Crippen LogP) is 3.73. The Bertz CT molecular complexity index is 1500. The maximum absolute atomic E-state index is 13.9. The van der Waals surface area contributed by atoms with Gasteiger partial charge in [0.05, 0.1) is 25.1 Å². The molecule has 4 rings (SSSR count). The number of aliphatic imine (C=N–C) groups is 1. The standard InChI is InChI=1S/C32H32N4O7/c1-3-42-29(38)14-9-19-33-28(37)20-36-27-13-8-7-12-25(27)30(22-10-5-4-6-11-22)35-26(31(36)39)21-43-32(40)34-23-15-17-24(41-2)18-16-23/h4-18,26H,3,19-21H2,1-2H3,(H,33,37)(H,34,40)/b14-9+/t26-/m1/s1. The molecule has 11 nitrogen and oxygen atoms in total. The van der Waals surface area contributed by atoms with Crippen LogP contribution in [0, 0.1) is 0 Å². The second kappa shape index (κ2) is 15.0. The van der Waals surface area contributed by atoms with Crippen molar-refractivity contribution in [2.24, 2.45) is 4.99 Å². The number of hydrogen-bond donors (Lipinski definition) is 2. The van der Waals surface area contributed by atoms with Crippen LogP contribution in [-0.4, -0.2) is 69.0 Å². The Hall–Kier alpha value is -5.45. The van der Waals surface area contributed by atoms with E-state index in [0.717, 1.165) is 5.56 Å². The zero-order valence-electron chi connectivity index (χ0n) is 23.8. The minimum absolute atomic E-state index is 0.0607. The van der Waals surface area contributed by atoms with Crippen LogP contribution in [-0.2, 0) is 23.9 Å². The van der Waals surface area contributed by atoms with Crippen LogP contribution >= 0.6 is 0 Å². The molecule has 1 aliphatic heterocycles. The van der Waals surface area contributed by atoms with E-state index in [0.29, 0.717) is 28.4 Å². The molecule has 2 N–H and O–H groups in total. The van der Waals surface area contributed by atoms with Crippen LogP contribution in [0.25, 0.3) is 0 Å². The summed E-state index contributed by atoms with van der Waals surface area (Å²) in [7, 11) is 1.54. The molecule has 11 heteroatoms. The highest BCUT2D eigenvalue weighted by Gasteiger charge is 2.34. The van der Waals surface area contributed by atoms with Crippen molar-refractivity contribution in [2.75, 3.05) is 43.6 Å². The summed E-state index contributed by atoms with van der Waals surface area (Å²) in [6, 6.07) is 22.0. The maximum atomic E-state index is 13.9. The number of ether oxygens (including phenoxy) is 3. The number of methoxy groups -OCH3 is 1. The van der Waals surface area contributed by atoms with Gasteiger partial charge >= 0.3 is 12.1 Å². The largest absolute Gasteiger partial charge is 0.497 e. The average molecular weight is 585 g/mol. The Kier molecular flexibility index (Phi) is 10.6. The van der Waals surface area contributed by atoms with Crippen molar-refractivity contribution >= 4 is 41.0 Å². The number of hydrogen-bond acceptors (Lipinski definition) is 8. The molecular formula is C32H32N4O7. The second-order valence-corrected chi connectivity index (χ2v) is 9.21. The zero-order valence-corrected chi connectivity index (χ0v) is 23.8. The van der Waals surface area contributed by atoms with E-state index >= 15 is 0 Å². The minimum Gasteiger partial charge on any atom is -0.497 e. The van der Waals surface area contributed by atoms with E-state index < -0.39 is 29.9 Å². The number of rotatable bonds is 11. The van der Waals surface area contributed by atoms with E-state index in [1.165, 1.54) is 17.1 Å². The van der Waals surface area contributed by atoms with Gasteiger partial charge in [-0.15, -0.1) is 0 Å². The molecule has 0 saturated heterocycles. The Morgan fingerprint density at radius 2 is 1.67 bits per heavy atom. The molecule has 3 aromatic carbocycles. The lowest BCUT2D eigenvalue weighted by Gasteiger charge is -2.24. The number of fused-ring (bicyclic) bond motifs is 1. The van der Waals surface area contributed by atoms with E-state index in [4.69, 9.17) is 19.2 Å². The van der Waals surface area contributed by atoms with Crippen molar-refractivity contribution in [3.8, 4) is 5.75 Å². The van der Waals surface area contributed by atoms with Crippen LogP contribution < -0.4 is 20.3 Å². The van der Waals surface area contributed by atoms with Crippen LogP contribution in [0.5, 0.6) is 5.75 Å². The van der Waals surface area contributed by atoms with Crippen molar-refractivity contribution in [2.45, 2.75) is 13.0 Å². The first kappa shape index (κ1) is 30.5. The Labute approximate surface area is 249 Å². The summed E-state index contributed by atoms with van der Waals surface area (Å²) in [6.07, 6.45) is 1.91. The molecule has 0 aromatic heterocycles. The van der Waals surface area contributed by atoms with E-state index in [1.54, 1.807) is 50.4 Å². The summed E-state index contributed by atoms with van der Waals surface area (Å²) >= 11 is 0.